The fourth-order valence-electron chi connectivity index (χ4n) is 4.29. The number of nitrogens with zero attached hydrogens (tertiary/aromatic N) is 2. The molecule has 1 N–H and O–H groups in total. The molecule has 5 nitrogen and oxygen atoms in total. The number of hydrogen-bond acceptors (Lipinski definition) is 3. The molecule has 2 fully saturated rings. The predicted octanol–water partition coefficient (Wildman–Crippen LogP) is 3.83. The smallest absolute Gasteiger partial charge is 0.315 e. The molecule has 2 aliphatic heterocycles. The Morgan fingerprint density at radius 3 is 2.35 bits per heavy atom. The fraction of sp³-hybridized carbons (Fsp3) is 0.391. The maximum absolute atomic E-state index is 13.3. The maximum Gasteiger partial charge on any atom is 0.416 e. The van der Waals surface area contributed by atoms with Gasteiger partial charge in [-0.2, -0.15) is 13.2 Å². The Balaban J connectivity index is 1.54. The Kier molecular flexibility index (Phi) is 6.00. The summed E-state index contributed by atoms with van der Waals surface area (Å²) in [5.74, 6) is -0.227. The largest absolute Gasteiger partial charge is 0.416 e. The van der Waals surface area contributed by atoms with Crippen molar-refractivity contribution in [3.8, 4) is 0 Å². The van der Waals surface area contributed by atoms with Gasteiger partial charge in [-0.25, -0.2) is 4.79 Å². The van der Waals surface area contributed by atoms with Crippen molar-refractivity contribution in [2.24, 2.45) is 0 Å². The molecule has 0 saturated carbocycles. The summed E-state index contributed by atoms with van der Waals surface area (Å²) in [5, 5.41) is 3.23. The number of imide groups is 1. The van der Waals surface area contributed by atoms with Gasteiger partial charge in [-0.1, -0.05) is 42.5 Å². The first-order chi connectivity index (χ1) is 14.8. The third-order valence-corrected chi connectivity index (χ3v) is 5.94. The Morgan fingerprint density at radius 2 is 1.68 bits per heavy atom. The van der Waals surface area contributed by atoms with Crippen LogP contribution in [0.5, 0.6) is 0 Å². The number of benzene rings is 2. The van der Waals surface area contributed by atoms with Gasteiger partial charge in [0.15, 0.2) is 0 Å². The molecular formula is C23H24F3N3O2. The summed E-state index contributed by atoms with van der Waals surface area (Å²) >= 11 is 0. The van der Waals surface area contributed by atoms with Crippen molar-refractivity contribution in [2.45, 2.75) is 44.1 Å². The molecule has 2 saturated heterocycles. The molecule has 4 rings (SSSR count). The molecule has 2 atom stereocenters. The third-order valence-electron chi connectivity index (χ3n) is 5.94. The first-order valence-electron chi connectivity index (χ1n) is 10.4. The number of alkyl halides is 3. The molecule has 3 amide bonds. The number of fused-ring (bicyclic) bond motifs is 1. The highest BCUT2D eigenvalue weighted by Gasteiger charge is 2.46. The number of rotatable bonds is 5. The van der Waals surface area contributed by atoms with E-state index in [1.165, 1.54) is 17.0 Å². The zero-order valence-corrected chi connectivity index (χ0v) is 16.9. The van der Waals surface area contributed by atoms with Crippen LogP contribution in [-0.4, -0.2) is 46.9 Å². The van der Waals surface area contributed by atoms with Crippen LogP contribution in [0.25, 0.3) is 0 Å². The highest BCUT2D eigenvalue weighted by atomic mass is 19.4. The van der Waals surface area contributed by atoms with Gasteiger partial charge < -0.3 is 10.2 Å². The van der Waals surface area contributed by atoms with Crippen molar-refractivity contribution in [1.29, 1.82) is 0 Å². The number of piperidine rings is 1. The molecule has 0 aliphatic carbocycles. The van der Waals surface area contributed by atoms with Crippen molar-refractivity contribution >= 4 is 11.9 Å². The van der Waals surface area contributed by atoms with E-state index in [1.54, 1.807) is 4.90 Å². The fourth-order valence-corrected chi connectivity index (χ4v) is 4.29. The number of nitrogens with one attached hydrogen (secondary N) is 1. The van der Waals surface area contributed by atoms with Crippen LogP contribution in [0.1, 0.15) is 29.5 Å². The van der Waals surface area contributed by atoms with Crippen molar-refractivity contribution in [2.75, 3.05) is 13.1 Å². The molecule has 8 heteroatoms. The quantitative estimate of drug-likeness (QED) is 0.783. The summed E-state index contributed by atoms with van der Waals surface area (Å²) in [5.41, 5.74) is 0.900. The van der Waals surface area contributed by atoms with Gasteiger partial charge in [0.2, 0.25) is 5.91 Å². The van der Waals surface area contributed by atoms with Crippen LogP contribution in [0.3, 0.4) is 0 Å². The van der Waals surface area contributed by atoms with Gasteiger partial charge in [-0.3, -0.25) is 9.69 Å². The van der Waals surface area contributed by atoms with E-state index in [9.17, 15) is 22.8 Å². The Hall–Kier alpha value is -2.87. The summed E-state index contributed by atoms with van der Waals surface area (Å²) in [4.78, 5) is 29.2. The molecular weight excluding hydrogens is 407 g/mol. The molecule has 164 valence electrons. The van der Waals surface area contributed by atoms with E-state index in [4.69, 9.17) is 0 Å². The molecule has 0 radical (unpaired) electrons. The average Bonchev–Trinajstić information content (AvgIpc) is 2.77. The molecule has 0 aromatic heterocycles. The van der Waals surface area contributed by atoms with Crippen LogP contribution >= 0.6 is 0 Å². The third kappa shape index (κ3) is 4.58. The van der Waals surface area contributed by atoms with E-state index < -0.39 is 17.8 Å². The van der Waals surface area contributed by atoms with Crippen LogP contribution in [0.2, 0.25) is 0 Å². The molecule has 2 aromatic rings. The number of carbonyl (C=O) groups excluding carboxylic acids is 2. The van der Waals surface area contributed by atoms with Crippen LogP contribution in [0.4, 0.5) is 18.0 Å². The van der Waals surface area contributed by atoms with Crippen molar-refractivity contribution in [3.05, 3.63) is 71.3 Å². The number of carbonyl (C=O) groups is 2. The lowest BCUT2D eigenvalue weighted by atomic mass is 9.92. The summed E-state index contributed by atoms with van der Waals surface area (Å²) in [6, 6.07) is 13.3. The van der Waals surface area contributed by atoms with E-state index in [-0.39, 0.29) is 31.1 Å². The van der Waals surface area contributed by atoms with E-state index in [0.29, 0.717) is 24.9 Å². The van der Waals surface area contributed by atoms with Gasteiger partial charge in [0, 0.05) is 13.1 Å². The molecule has 2 aromatic carbocycles. The zero-order chi connectivity index (χ0) is 22.0. The number of amides is 3. The number of halogens is 3. The molecule has 0 spiro atoms. The average molecular weight is 431 g/mol. The lowest BCUT2D eigenvalue weighted by Gasteiger charge is -2.47. The summed E-state index contributed by atoms with van der Waals surface area (Å²) in [7, 11) is 0. The van der Waals surface area contributed by atoms with Crippen molar-refractivity contribution in [3.63, 3.8) is 0 Å². The summed E-state index contributed by atoms with van der Waals surface area (Å²) in [6.07, 6.45) is -2.35. The van der Waals surface area contributed by atoms with Gasteiger partial charge in [0.05, 0.1) is 11.6 Å². The van der Waals surface area contributed by atoms with Crippen LogP contribution < -0.4 is 5.32 Å². The van der Waals surface area contributed by atoms with Gasteiger partial charge >= 0.3 is 12.2 Å². The number of hydrogen-bond donors (Lipinski definition) is 1. The van der Waals surface area contributed by atoms with Crippen LogP contribution in [-0.2, 0) is 23.9 Å². The minimum absolute atomic E-state index is 0.162. The normalized spacial score (nSPS) is 21.9. The maximum atomic E-state index is 13.3. The van der Waals surface area contributed by atoms with E-state index in [2.05, 4.69) is 5.32 Å². The van der Waals surface area contributed by atoms with Crippen LogP contribution in [0.15, 0.2) is 54.6 Å². The predicted molar refractivity (Wildman–Crippen MR) is 109 cm³/mol. The lowest BCUT2D eigenvalue weighted by Crippen LogP contribution is -2.69. The topological polar surface area (TPSA) is 52.7 Å². The second-order valence-corrected chi connectivity index (χ2v) is 7.97. The minimum atomic E-state index is -4.40. The van der Waals surface area contributed by atoms with Crippen LogP contribution in [0, 0.1) is 0 Å². The highest BCUT2D eigenvalue weighted by Crippen LogP contribution is 2.30. The van der Waals surface area contributed by atoms with E-state index in [1.807, 2.05) is 30.3 Å². The van der Waals surface area contributed by atoms with Crippen molar-refractivity contribution < 1.29 is 22.8 Å². The summed E-state index contributed by atoms with van der Waals surface area (Å²) in [6.45, 7) is 1.12. The molecule has 2 heterocycles. The van der Waals surface area contributed by atoms with E-state index >= 15 is 0 Å². The second-order valence-electron chi connectivity index (χ2n) is 7.97. The molecule has 2 aliphatic rings. The van der Waals surface area contributed by atoms with E-state index in [0.717, 1.165) is 24.1 Å². The monoisotopic (exact) mass is 431 g/mol. The lowest BCUT2D eigenvalue weighted by molar-refractivity contribution is -0.138. The Bertz CT molecular complexity index is 931. The highest BCUT2D eigenvalue weighted by molar-refractivity contribution is 6.00. The molecule has 0 bridgehead atoms. The van der Waals surface area contributed by atoms with Gasteiger partial charge in [0.25, 0.3) is 0 Å². The minimum Gasteiger partial charge on any atom is -0.315 e. The Morgan fingerprint density at radius 1 is 0.968 bits per heavy atom. The van der Waals surface area contributed by atoms with Gasteiger partial charge in [-0.15, -0.1) is 0 Å². The first kappa shape index (κ1) is 21.4. The second kappa shape index (κ2) is 8.70. The van der Waals surface area contributed by atoms with Gasteiger partial charge in [-0.05, 0) is 49.1 Å². The SMILES string of the molecule is O=C1C2NCCCC2N(Cc2ccc(C(F)(F)F)cc2)C(=O)N1CCc1ccccc1. The van der Waals surface area contributed by atoms with Gasteiger partial charge in [0.1, 0.15) is 6.04 Å². The molecule has 2 unspecified atom stereocenters. The number of urea groups is 1. The zero-order valence-electron chi connectivity index (χ0n) is 16.9. The van der Waals surface area contributed by atoms with Crippen molar-refractivity contribution in [1.82, 2.24) is 15.1 Å². The first-order valence-corrected chi connectivity index (χ1v) is 10.4. The Labute approximate surface area is 178 Å². The standard InChI is InChI=1S/C23H24F3N3O2/c24-23(25,26)18-10-8-17(9-11-18)15-29-19-7-4-13-27-20(19)21(30)28(22(29)31)14-12-16-5-2-1-3-6-16/h1-3,5-6,8-11,19-20,27H,4,7,12-15H2. The molecule has 31 heavy (non-hydrogen) atoms. The summed E-state index contributed by atoms with van der Waals surface area (Å²) < 4.78 is 38.6.